The predicted octanol–water partition coefficient (Wildman–Crippen LogP) is 2.79. The van der Waals surface area contributed by atoms with Crippen molar-refractivity contribution >= 4 is 31.5 Å². The Morgan fingerprint density at radius 1 is 1.41 bits per heavy atom. The van der Waals surface area contributed by atoms with E-state index < -0.39 is 9.24 Å². The molecule has 0 radical (unpaired) electrons. The number of fused-ring (bicyclic) bond motifs is 1. The average Bonchev–Trinajstić information content (AvgIpc) is 2.38. The maximum Gasteiger partial charge on any atom is 0.299 e. The molecule has 0 saturated carbocycles. The van der Waals surface area contributed by atoms with E-state index in [9.17, 15) is 8.42 Å². The Labute approximate surface area is 111 Å². The number of hydrogen-bond donors (Lipinski definition) is 0. The number of hydrogen-bond acceptors (Lipinski definition) is 2. The zero-order valence-corrected chi connectivity index (χ0v) is 11.7. The molecule has 0 aliphatic carbocycles. The molecule has 1 aliphatic heterocycles. The summed E-state index contributed by atoms with van der Waals surface area (Å²) in [5, 5.41) is 0.679. The highest BCUT2D eigenvalue weighted by Gasteiger charge is 2.26. The van der Waals surface area contributed by atoms with E-state index in [0.717, 1.165) is 11.1 Å². The molecular formula is C11H13Cl2NO2S. The van der Waals surface area contributed by atoms with Crippen molar-refractivity contribution in [2.75, 3.05) is 13.1 Å². The lowest BCUT2D eigenvalue weighted by atomic mass is 9.96. The normalized spacial score (nSPS) is 21.9. The smallest absolute Gasteiger partial charge is 0.195 e. The van der Waals surface area contributed by atoms with Crippen LogP contribution in [0.15, 0.2) is 18.2 Å². The van der Waals surface area contributed by atoms with Crippen molar-refractivity contribution in [3.05, 3.63) is 34.3 Å². The van der Waals surface area contributed by atoms with E-state index in [2.05, 4.69) is 0 Å². The summed E-state index contributed by atoms with van der Waals surface area (Å²) in [5.41, 5.74) is 2.25. The molecule has 2 rings (SSSR count). The SMILES string of the molecule is C[C@H]1CN(S(=O)(=O)Cl)CCc2ccc(Cl)cc21. The van der Waals surface area contributed by atoms with Crippen LogP contribution in [0.1, 0.15) is 24.0 Å². The van der Waals surface area contributed by atoms with Crippen LogP contribution in [0.2, 0.25) is 5.02 Å². The number of nitrogens with zero attached hydrogens (tertiary/aromatic N) is 1. The van der Waals surface area contributed by atoms with Crippen molar-refractivity contribution < 1.29 is 8.42 Å². The first-order valence-electron chi connectivity index (χ1n) is 5.36. The fourth-order valence-corrected chi connectivity index (χ4v) is 3.46. The molecule has 0 aromatic heterocycles. The van der Waals surface area contributed by atoms with Gasteiger partial charge in [-0.3, -0.25) is 0 Å². The van der Waals surface area contributed by atoms with Crippen molar-refractivity contribution in [2.24, 2.45) is 0 Å². The third-order valence-electron chi connectivity index (χ3n) is 3.06. The molecule has 0 fully saturated rings. The predicted molar refractivity (Wildman–Crippen MR) is 69.9 cm³/mol. The summed E-state index contributed by atoms with van der Waals surface area (Å²) < 4.78 is 24.0. The largest absolute Gasteiger partial charge is 0.299 e. The molecule has 0 saturated heterocycles. The van der Waals surface area contributed by atoms with Gasteiger partial charge in [-0.15, -0.1) is 0 Å². The van der Waals surface area contributed by atoms with Crippen LogP contribution in [-0.4, -0.2) is 25.8 Å². The van der Waals surface area contributed by atoms with E-state index in [-0.39, 0.29) is 5.92 Å². The summed E-state index contributed by atoms with van der Waals surface area (Å²) in [6.07, 6.45) is 0.669. The summed E-state index contributed by atoms with van der Waals surface area (Å²) in [4.78, 5) is 0. The summed E-state index contributed by atoms with van der Waals surface area (Å²) in [7, 11) is 1.76. The molecule has 0 N–H and O–H groups in total. The molecule has 3 nitrogen and oxygen atoms in total. The third kappa shape index (κ3) is 2.94. The average molecular weight is 294 g/mol. The number of halogens is 2. The van der Waals surface area contributed by atoms with Crippen LogP contribution in [-0.2, 0) is 15.7 Å². The van der Waals surface area contributed by atoms with Crippen molar-refractivity contribution in [1.82, 2.24) is 4.31 Å². The minimum Gasteiger partial charge on any atom is -0.195 e. The lowest BCUT2D eigenvalue weighted by molar-refractivity contribution is 0.416. The van der Waals surface area contributed by atoms with Gasteiger partial charge in [0, 0.05) is 28.8 Å². The fourth-order valence-electron chi connectivity index (χ4n) is 2.19. The zero-order valence-electron chi connectivity index (χ0n) is 9.36. The van der Waals surface area contributed by atoms with E-state index in [1.165, 1.54) is 4.31 Å². The standard InChI is InChI=1S/C11H13Cl2NO2S/c1-8-7-14(17(13,15)16)5-4-9-2-3-10(12)6-11(8)9/h2-3,6,8H,4-5,7H2,1H3/t8-/m0/s1. The van der Waals surface area contributed by atoms with Gasteiger partial charge in [-0.05, 0) is 35.6 Å². The Morgan fingerprint density at radius 3 is 2.76 bits per heavy atom. The van der Waals surface area contributed by atoms with E-state index in [1.807, 2.05) is 25.1 Å². The second-order valence-corrected chi connectivity index (χ2v) is 7.24. The molecule has 1 heterocycles. The summed E-state index contributed by atoms with van der Waals surface area (Å²) in [5.74, 6) is 0.0970. The van der Waals surface area contributed by atoms with Gasteiger partial charge in [-0.25, -0.2) is 0 Å². The number of benzene rings is 1. The molecule has 1 aromatic rings. The van der Waals surface area contributed by atoms with Gasteiger partial charge in [0.15, 0.2) is 0 Å². The fraction of sp³-hybridized carbons (Fsp3) is 0.455. The Hall–Kier alpha value is -0.290. The van der Waals surface area contributed by atoms with Gasteiger partial charge in [-0.1, -0.05) is 24.6 Å². The summed E-state index contributed by atoms with van der Waals surface area (Å²) in [6.45, 7) is 2.81. The topological polar surface area (TPSA) is 37.4 Å². The maximum atomic E-state index is 11.4. The lowest BCUT2D eigenvalue weighted by Crippen LogP contribution is -2.30. The minimum absolute atomic E-state index is 0.0970. The molecule has 94 valence electrons. The zero-order chi connectivity index (χ0) is 12.6. The van der Waals surface area contributed by atoms with E-state index in [0.29, 0.717) is 24.5 Å². The van der Waals surface area contributed by atoms with Crippen LogP contribution >= 0.6 is 22.3 Å². The van der Waals surface area contributed by atoms with Crippen molar-refractivity contribution in [2.45, 2.75) is 19.3 Å². The highest BCUT2D eigenvalue weighted by Crippen LogP contribution is 2.29. The quantitative estimate of drug-likeness (QED) is 0.747. The Balaban J connectivity index is 2.36. The van der Waals surface area contributed by atoms with E-state index in [4.69, 9.17) is 22.3 Å². The molecule has 6 heteroatoms. The van der Waals surface area contributed by atoms with Crippen molar-refractivity contribution in [1.29, 1.82) is 0 Å². The molecular weight excluding hydrogens is 281 g/mol. The molecule has 0 bridgehead atoms. The molecule has 17 heavy (non-hydrogen) atoms. The van der Waals surface area contributed by atoms with Crippen molar-refractivity contribution in [3.8, 4) is 0 Å². The maximum absolute atomic E-state index is 11.4. The van der Waals surface area contributed by atoms with Gasteiger partial charge in [0.05, 0.1) is 0 Å². The van der Waals surface area contributed by atoms with Gasteiger partial charge in [0.2, 0.25) is 0 Å². The highest BCUT2D eigenvalue weighted by atomic mass is 35.7. The first kappa shape index (κ1) is 13.1. The molecule has 0 spiro atoms. The third-order valence-corrected chi connectivity index (χ3v) is 4.82. The first-order chi connectivity index (χ1) is 7.88. The van der Waals surface area contributed by atoms with Crippen LogP contribution < -0.4 is 0 Å². The van der Waals surface area contributed by atoms with Crippen LogP contribution in [0.4, 0.5) is 0 Å². The van der Waals surface area contributed by atoms with Gasteiger partial charge < -0.3 is 0 Å². The molecule has 1 aliphatic rings. The second-order valence-electron chi connectivity index (χ2n) is 4.29. The summed E-state index contributed by atoms with van der Waals surface area (Å²) in [6, 6.07) is 5.70. The Bertz CT molecular complexity index is 530. The van der Waals surface area contributed by atoms with E-state index in [1.54, 1.807) is 0 Å². The summed E-state index contributed by atoms with van der Waals surface area (Å²) >= 11 is 5.96. The van der Waals surface area contributed by atoms with Gasteiger partial charge >= 0.3 is 0 Å². The molecule has 1 atom stereocenters. The van der Waals surface area contributed by atoms with Gasteiger partial charge in [-0.2, -0.15) is 12.7 Å². The van der Waals surface area contributed by atoms with Crippen molar-refractivity contribution in [3.63, 3.8) is 0 Å². The molecule has 1 aromatic carbocycles. The van der Waals surface area contributed by atoms with Crippen LogP contribution in [0.3, 0.4) is 0 Å². The number of rotatable bonds is 1. The molecule has 0 amide bonds. The highest BCUT2D eigenvalue weighted by molar-refractivity contribution is 8.11. The van der Waals surface area contributed by atoms with Gasteiger partial charge in [0.1, 0.15) is 0 Å². The molecule has 0 unspecified atom stereocenters. The van der Waals surface area contributed by atoms with Gasteiger partial charge in [0.25, 0.3) is 9.24 Å². The first-order valence-corrected chi connectivity index (χ1v) is 8.00. The minimum atomic E-state index is -3.64. The van der Waals surface area contributed by atoms with Crippen LogP contribution in [0.25, 0.3) is 0 Å². The second kappa shape index (κ2) is 4.76. The lowest BCUT2D eigenvalue weighted by Gasteiger charge is -2.18. The monoisotopic (exact) mass is 293 g/mol. The van der Waals surface area contributed by atoms with Crippen LogP contribution in [0, 0.1) is 0 Å². The Kier molecular flexibility index (Phi) is 3.69. The Morgan fingerprint density at radius 2 is 2.12 bits per heavy atom. The van der Waals surface area contributed by atoms with Crippen LogP contribution in [0.5, 0.6) is 0 Å². The van der Waals surface area contributed by atoms with E-state index >= 15 is 0 Å².